The molecule has 0 spiro atoms. The van der Waals surface area contributed by atoms with E-state index in [0.29, 0.717) is 27.9 Å². The number of methoxy groups -OCH3 is 2. The van der Waals surface area contributed by atoms with Crippen molar-refractivity contribution in [3.63, 3.8) is 0 Å². The number of carbonyl (C=O) groups is 2. The summed E-state index contributed by atoms with van der Waals surface area (Å²) in [7, 11) is 3.01. The van der Waals surface area contributed by atoms with E-state index < -0.39 is 11.8 Å². The standard InChI is InChI=1S/C18H18Cl2N2O5/c1-25-11-6-7-13(15(8-11)26-2)21-16(23)9-27-10-17(24)22-14-5-3-4-12(19)18(14)20/h3-8H,9-10H2,1-2H3,(H,21,23)(H,22,24). The zero-order valence-electron chi connectivity index (χ0n) is 14.7. The SMILES string of the molecule is COc1ccc(NC(=O)COCC(=O)Nc2cccc(Cl)c2Cl)c(OC)c1. The molecule has 144 valence electrons. The molecule has 0 saturated carbocycles. The lowest BCUT2D eigenvalue weighted by molar-refractivity contribution is -0.125. The van der Waals surface area contributed by atoms with Crippen LogP contribution >= 0.6 is 23.2 Å². The maximum Gasteiger partial charge on any atom is 0.250 e. The normalized spacial score (nSPS) is 10.2. The zero-order chi connectivity index (χ0) is 19.8. The molecule has 0 aromatic heterocycles. The van der Waals surface area contributed by atoms with Crippen molar-refractivity contribution in [3.05, 3.63) is 46.4 Å². The van der Waals surface area contributed by atoms with Crippen molar-refractivity contribution in [2.24, 2.45) is 0 Å². The fraction of sp³-hybridized carbons (Fsp3) is 0.222. The topological polar surface area (TPSA) is 85.9 Å². The van der Waals surface area contributed by atoms with Crippen LogP contribution < -0.4 is 20.1 Å². The number of halogens is 2. The van der Waals surface area contributed by atoms with E-state index in [0.717, 1.165) is 0 Å². The molecule has 2 rings (SSSR count). The van der Waals surface area contributed by atoms with Crippen molar-refractivity contribution < 1.29 is 23.8 Å². The summed E-state index contributed by atoms with van der Waals surface area (Å²) in [6, 6.07) is 9.83. The molecule has 0 radical (unpaired) electrons. The first-order valence-electron chi connectivity index (χ1n) is 7.78. The van der Waals surface area contributed by atoms with Crippen LogP contribution in [0.3, 0.4) is 0 Å². The Bertz CT molecular complexity index is 829. The van der Waals surface area contributed by atoms with Crippen LogP contribution in [0.5, 0.6) is 11.5 Å². The molecule has 0 fully saturated rings. The average molecular weight is 413 g/mol. The van der Waals surface area contributed by atoms with Crippen molar-refractivity contribution in [2.75, 3.05) is 38.1 Å². The summed E-state index contributed by atoms with van der Waals surface area (Å²) in [4.78, 5) is 23.9. The second-order valence-electron chi connectivity index (χ2n) is 5.26. The minimum absolute atomic E-state index is 0.233. The molecule has 0 bridgehead atoms. The van der Waals surface area contributed by atoms with Gasteiger partial charge in [0.05, 0.1) is 35.6 Å². The Morgan fingerprint density at radius 2 is 1.59 bits per heavy atom. The Morgan fingerprint density at radius 1 is 0.926 bits per heavy atom. The molecule has 0 aliphatic heterocycles. The smallest absolute Gasteiger partial charge is 0.250 e. The molecule has 27 heavy (non-hydrogen) atoms. The van der Waals surface area contributed by atoms with Crippen LogP contribution in [0.4, 0.5) is 11.4 Å². The Kier molecular flexibility index (Phi) is 7.72. The van der Waals surface area contributed by atoms with Gasteiger partial charge in [-0.25, -0.2) is 0 Å². The van der Waals surface area contributed by atoms with E-state index >= 15 is 0 Å². The number of anilines is 2. The van der Waals surface area contributed by atoms with E-state index in [1.54, 1.807) is 36.4 Å². The van der Waals surface area contributed by atoms with E-state index in [1.807, 2.05) is 0 Å². The minimum Gasteiger partial charge on any atom is -0.497 e. The predicted octanol–water partition coefficient (Wildman–Crippen LogP) is 3.60. The van der Waals surface area contributed by atoms with Crippen LogP contribution in [0.2, 0.25) is 10.0 Å². The lowest BCUT2D eigenvalue weighted by Gasteiger charge is -2.12. The summed E-state index contributed by atoms with van der Waals surface area (Å²) in [5.41, 5.74) is 0.826. The number of amides is 2. The lowest BCUT2D eigenvalue weighted by atomic mass is 10.2. The van der Waals surface area contributed by atoms with Crippen molar-refractivity contribution >= 4 is 46.4 Å². The van der Waals surface area contributed by atoms with Gasteiger partial charge >= 0.3 is 0 Å². The molecule has 0 atom stereocenters. The maximum atomic E-state index is 12.0. The highest BCUT2D eigenvalue weighted by molar-refractivity contribution is 6.44. The van der Waals surface area contributed by atoms with Crippen molar-refractivity contribution in [2.45, 2.75) is 0 Å². The van der Waals surface area contributed by atoms with Crippen LogP contribution in [0.1, 0.15) is 0 Å². The lowest BCUT2D eigenvalue weighted by Crippen LogP contribution is -2.24. The van der Waals surface area contributed by atoms with Gasteiger partial charge < -0.3 is 24.8 Å². The maximum absolute atomic E-state index is 12.0. The molecule has 2 aromatic carbocycles. The third-order valence-electron chi connectivity index (χ3n) is 3.37. The third-order valence-corrected chi connectivity index (χ3v) is 4.19. The Morgan fingerprint density at radius 3 is 2.22 bits per heavy atom. The van der Waals surface area contributed by atoms with E-state index in [4.69, 9.17) is 37.4 Å². The monoisotopic (exact) mass is 412 g/mol. The van der Waals surface area contributed by atoms with Gasteiger partial charge in [0.25, 0.3) is 0 Å². The number of rotatable bonds is 8. The number of carbonyl (C=O) groups excluding carboxylic acids is 2. The number of hydrogen-bond acceptors (Lipinski definition) is 5. The van der Waals surface area contributed by atoms with E-state index in [1.165, 1.54) is 14.2 Å². The van der Waals surface area contributed by atoms with E-state index in [9.17, 15) is 9.59 Å². The first kappa shape index (κ1) is 20.8. The van der Waals surface area contributed by atoms with Gasteiger partial charge in [-0.3, -0.25) is 9.59 Å². The first-order valence-corrected chi connectivity index (χ1v) is 8.53. The number of ether oxygens (including phenoxy) is 3. The van der Waals surface area contributed by atoms with Crippen LogP contribution in [-0.4, -0.2) is 39.2 Å². The zero-order valence-corrected chi connectivity index (χ0v) is 16.2. The summed E-state index contributed by atoms with van der Waals surface area (Å²) in [5.74, 6) is 0.134. The average Bonchev–Trinajstić information content (AvgIpc) is 2.65. The molecule has 0 aliphatic rings. The van der Waals surface area contributed by atoms with Gasteiger partial charge in [-0.05, 0) is 24.3 Å². The molecule has 0 heterocycles. The van der Waals surface area contributed by atoms with Gasteiger partial charge in [-0.15, -0.1) is 0 Å². The summed E-state index contributed by atoms with van der Waals surface area (Å²) < 4.78 is 15.4. The second-order valence-corrected chi connectivity index (χ2v) is 6.04. The highest BCUT2D eigenvalue weighted by Gasteiger charge is 2.11. The molecular formula is C18H18Cl2N2O5. The minimum atomic E-state index is -0.464. The Balaban J connectivity index is 1.82. The van der Waals surface area contributed by atoms with Crippen molar-refractivity contribution in [1.82, 2.24) is 0 Å². The molecule has 0 unspecified atom stereocenters. The molecule has 2 N–H and O–H groups in total. The quantitative estimate of drug-likeness (QED) is 0.691. The predicted molar refractivity (Wildman–Crippen MR) is 104 cm³/mol. The number of nitrogens with one attached hydrogen (secondary N) is 2. The van der Waals surface area contributed by atoms with Gasteiger partial charge in [0.15, 0.2) is 0 Å². The molecule has 0 aliphatic carbocycles. The number of benzene rings is 2. The van der Waals surface area contributed by atoms with Gasteiger partial charge in [0.2, 0.25) is 11.8 Å². The van der Waals surface area contributed by atoms with E-state index in [2.05, 4.69) is 10.6 Å². The molecular weight excluding hydrogens is 395 g/mol. The van der Waals surface area contributed by atoms with Crippen LogP contribution in [-0.2, 0) is 14.3 Å². The summed E-state index contributed by atoms with van der Waals surface area (Å²) in [6.07, 6.45) is 0. The Labute approximate surface area is 166 Å². The van der Waals surface area contributed by atoms with Gasteiger partial charge in [0, 0.05) is 6.07 Å². The molecule has 7 nitrogen and oxygen atoms in total. The molecule has 0 saturated heterocycles. The first-order chi connectivity index (χ1) is 12.9. The summed E-state index contributed by atoms with van der Waals surface area (Å²) >= 11 is 11.9. The fourth-order valence-electron chi connectivity index (χ4n) is 2.11. The molecule has 2 amide bonds. The summed E-state index contributed by atoms with van der Waals surface area (Å²) in [6.45, 7) is -0.637. The molecule has 2 aromatic rings. The second kappa shape index (κ2) is 10.0. The highest BCUT2D eigenvalue weighted by atomic mass is 35.5. The van der Waals surface area contributed by atoms with Crippen LogP contribution in [0, 0.1) is 0 Å². The van der Waals surface area contributed by atoms with Crippen LogP contribution in [0.15, 0.2) is 36.4 Å². The number of hydrogen-bond donors (Lipinski definition) is 2. The highest BCUT2D eigenvalue weighted by Crippen LogP contribution is 2.30. The Hall–Kier alpha value is -2.48. The summed E-state index contributed by atoms with van der Waals surface area (Å²) in [5, 5.41) is 5.75. The van der Waals surface area contributed by atoms with Crippen LogP contribution in [0.25, 0.3) is 0 Å². The van der Waals surface area contributed by atoms with Crippen molar-refractivity contribution in [3.8, 4) is 11.5 Å². The van der Waals surface area contributed by atoms with E-state index in [-0.39, 0.29) is 18.2 Å². The van der Waals surface area contributed by atoms with Gasteiger partial charge in [0.1, 0.15) is 24.7 Å². The largest absolute Gasteiger partial charge is 0.497 e. The van der Waals surface area contributed by atoms with Crippen molar-refractivity contribution in [1.29, 1.82) is 0 Å². The fourth-order valence-corrected chi connectivity index (χ4v) is 2.46. The van der Waals surface area contributed by atoms with Gasteiger partial charge in [-0.1, -0.05) is 29.3 Å². The third kappa shape index (κ3) is 6.02. The molecule has 9 heteroatoms. The van der Waals surface area contributed by atoms with Gasteiger partial charge in [-0.2, -0.15) is 0 Å².